The zero-order valence-corrected chi connectivity index (χ0v) is 11.4. The Bertz CT molecular complexity index is 483. The molecule has 2 rings (SSSR count). The molecule has 8 heteroatoms. The normalized spacial score (nSPS) is 16.2. The number of aromatic carboxylic acids is 1. The Kier molecular flexibility index (Phi) is 4.54. The van der Waals surface area contributed by atoms with E-state index in [9.17, 15) is 9.59 Å². The maximum Gasteiger partial charge on any atom is 0.358 e. The van der Waals surface area contributed by atoms with E-state index in [-0.39, 0.29) is 17.8 Å². The molecule has 0 saturated heterocycles. The van der Waals surface area contributed by atoms with E-state index in [1.807, 2.05) is 6.92 Å². The SMILES string of the molecule is CC(NC(=O)NCCn1cc(C(=O)O)nn1)C1CCC1. The van der Waals surface area contributed by atoms with Gasteiger partial charge in [-0.1, -0.05) is 11.6 Å². The van der Waals surface area contributed by atoms with Crippen molar-refractivity contribution in [1.29, 1.82) is 0 Å². The van der Waals surface area contributed by atoms with Gasteiger partial charge in [-0.3, -0.25) is 0 Å². The first-order chi connectivity index (χ1) is 9.56. The smallest absolute Gasteiger partial charge is 0.358 e. The number of aromatic nitrogens is 3. The summed E-state index contributed by atoms with van der Waals surface area (Å²) in [4.78, 5) is 22.3. The summed E-state index contributed by atoms with van der Waals surface area (Å²) < 4.78 is 1.39. The fourth-order valence-electron chi connectivity index (χ4n) is 2.11. The number of hydrogen-bond acceptors (Lipinski definition) is 4. The van der Waals surface area contributed by atoms with Gasteiger partial charge >= 0.3 is 12.0 Å². The van der Waals surface area contributed by atoms with Crippen molar-refractivity contribution in [3.8, 4) is 0 Å². The molecule has 0 aliphatic heterocycles. The summed E-state index contributed by atoms with van der Waals surface area (Å²) >= 11 is 0. The van der Waals surface area contributed by atoms with Crippen molar-refractivity contribution in [1.82, 2.24) is 25.6 Å². The third kappa shape index (κ3) is 3.69. The zero-order chi connectivity index (χ0) is 14.5. The van der Waals surface area contributed by atoms with Gasteiger partial charge in [-0.15, -0.1) is 5.10 Å². The fourth-order valence-corrected chi connectivity index (χ4v) is 2.11. The van der Waals surface area contributed by atoms with Gasteiger partial charge in [0.05, 0.1) is 12.7 Å². The molecule has 1 fully saturated rings. The van der Waals surface area contributed by atoms with Crippen LogP contribution in [0.2, 0.25) is 0 Å². The number of amides is 2. The first-order valence-corrected chi connectivity index (χ1v) is 6.74. The Morgan fingerprint density at radius 2 is 2.30 bits per heavy atom. The van der Waals surface area contributed by atoms with Crippen LogP contribution in [0.4, 0.5) is 4.79 Å². The van der Waals surface area contributed by atoms with E-state index in [0.717, 1.165) is 0 Å². The summed E-state index contributed by atoms with van der Waals surface area (Å²) in [5.74, 6) is -0.523. The highest BCUT2D eigenvalue weighted by molar-refractivity contribution is 5.84. The van der Waals surface area contributed by atoms with Crippen LogP contribution in [0.5, 0.6) is 0 Å². The van der Waals surface area contributed by atoms with Gasteiger partial charge in [-0.05, 0) is 25.7 Å². The Balaban J connectivity index is 1.66. The van der Waals surface area contributed by atoms with E-state index in [2.05, 4.69) is 20.9 Å². The highest BCUT2D eigenvalue weighted by atomic mass is 16.4. The summed E-state index contributed by atoms with van der Waals surface area (Å²) in [7, 11) is 0. The maximum atomic E-state index is 11.6. The highest BCUT2D eigenvalue weighted by Gasteiger charge is 2.24. The number of nitrogens with zero attached hydrogens (tertiary/aromatic N) is 3. The third-order valence-electron chi connectivity index (χ3n) is 3.60. The molecule has 110 valence electrons. The molecule has 0 bridgehead atoms. The number of rotatable bonds is 6. The lowest BCUT2D eigenvalue weighted by Crippen LogP contribution is -2.46. The largest absolute Gasteiger partial charge is 0.476 e. The Hall–Kier alpha value is -2.12. The third-order valence-corrected chi connectivity index (χ3v) is 3.60. The van der Waals surface area contributed by atoms with Gasteiger partial charge in [0.15, 0.2) is 5.69 Å². The van der Waals surface area contributed by atoms with E-state index >= 15 is 0 Å². The molecule has 1 unspecified atom stereocenters. The number of carboxylic acids is 1. The van der Waals surface area contributed by atoms with Gasteiger partial charge in [-0.2, -0.15) is 0 Å². The second kappa shape index (κ2) is 6.36. The average Bonchev–Trinajstić information content (AvgIpc) is 2.75. The molecule has 1 atom stereocenters. The van der Waals surface area contributed by atoms with Crippen LogP contribution in [0.25, 0.3) is 0 Å². The molecule has 0 spiro atoms. The molecular weight excluding hydrogens is 262 g/mol. The number of carbonyl (C=O) groups is 2. The van der Waals surface area contributed by atoms with E-state index < -0.39 is 5.97 Å². The summed E-state index contributed by atoms with van der Waals surface area (Å²) in [6.45, 7) is 2.76. The van der Waals surface area contributed by atoms with Crippen LogP contribution in [0.1, 0.15) is 36.7 Å². The molecule has 3 N–H and O–H groups in total. The van der Waals surface area contributed by atoms with E-state index in [4.69, 9.17) is 5.11 Å². The molecule has 0 aromatic carbocycles. The number of nitrogens with one attached hydrogen (secondary N) is 2. The molecular formula is C12H19N5O3. The Morgan fingerprint density at radius 3 is 2.85 bits per heavy atom. The van der Waals surface area contributed by atoms with Crippen LogP contribution < -0.4 is 10.6 Å². The van der Waals surface area contributed by atoms with E-state index in [1.54, 1.807) is 0 Å². The topological polar surface area (TPSA) is 109 Å². The lowest BCUT2D eigenvalue weighted by Gasteiger charge is -2.31. The van der Waals surface area contributed by atoms with Gasteiger partial charge in [0.1, 0.15) is 0 Å². The average molecular weight is 281 g/mol. The van der Waals surface area contributed by atoms with Crippen molar-refractivity contribution in [2.75, 3.05) is 6.54 Å². The first-order valence-electron chi connectivity index (χ1n) is 6.74. The van der Waals surface area contributed by atoms with Crippen molar-refractivity contribution in [2.24, 2.45) is 5.92 Å². The molecule has 1 aromatic rings. The second-order valence-electron chi connectivity index (χ2n) is 5.05. The van der Waals surface area contributed by atoms with E-state index in [1.165, 1.54) is 30.1 Å². The lowest BCUT2D eigenvalue weighted by atomic mass is 9.80. The van der Waals surface area contributed by atoms with Crippen LogP contribution in [-0.4, -0.2) is 44.7 Å². The second-order valence-corrected chi connectivity index (χ2v) is 5.05. The Labute approximate surface area is 116 Å². The number of carboxylic acid groups (broad SMARTS) is 1. The molecule has 1 aliphatic rings. The predicted octanol–water partition coefficient (Wildman–Crippen LogP) is 0.464. The van der Waals surface area contributed by atoms with Crippen molar-refractivity contribution >= 4 is 12.0 Å². The van der Waals surface area contributed by atoms with Crippen molar-refractivity contribution in [3.63, 3.8) is 0 Å². The molecule has 20 heavy (non-hydrogen) atoms. The molecule has 2 amide bonds. The standard InChI is InChI=1S/C12H19N5O3/c1-8(9-3-2-4-9)14-12(20)13-5-6-17-7-10(11(18)19)15-16-17/h7-9H,2-6H2,1H3,(H,18,19)(H2,13,14,20). The van der Waals surface area contributed by atoms with Gasteiger partial charge < -0.3 is 15.7 Å². The van der Waals surface area contributed by atoms with Crippen LogP contribution in [0.15, 0.2) is 6.20 Å². The monoisotopic (exact) mass is 281 g/mol. The highest BCUT2D eigenvalue weighted by Crippen LogP contribution is 2.29. The lowest BCUT2D eigenvalue weighted by molar-refractivity contribution is 0.0690. The van der Waals surface area contributed by atoms with Gasteiger partial charge in [0.25, 0.3) is 0 Å². The van der Waals surface area contributed by atoms with Crippen LogP contribution in [0, 0.1) is 5.92 Å². The van der Waals surface area contributed by atoms with Gasteiger partial charge in [-0.25, -0.2) is 14.3 Å². The molecule has 8 nitrogen and oxygen atoms in total. The van der Waals surface area contributed by atoms with Gasteiger partial charge in [0, 0.05) is 12.6 Å². The van der Waals surface area contributed by atoms with Crippen LogP contribution >= 0.6 is 0 Å². The molecule has 1 aromatic heterocycles. The van der Waals surface area contributed by atoms with Crippen LogP contribution in [0.3, 0.4) is 0 Å². The first kappa shape index (κ1) is 14.3. The fraction of sp³-hybridized carbons (Fsp3) is 0.667. The predicted molar refractivity (Wildman–Crippen MR) is 70.3 cm³/mol. The summed E-state index contributed by atoms with van der Waals surface area (Å²) in [5.41, 5.74) is -0.104. The number of urea groups is 1. The van der Waals surface area contributed by atoms with Crippen LogP contribution in [-0.2, 0) is 6.54 Å². The molecule has 0 radical (unpaired) electrons. The quantitative estimate of drug-likeness (QED) is 0.702. The molecule has 1 heterocycles. The van der Waals surface area contributed by atoms with Crippen molar-refractivity contribution in [3.05, 3.63) is 11.9 Å². The summed E-state index contributed by atoms with van der Waals surface area (Å²) in [5, 5.41) is 21.5. The minimum atomic E-state index is -1.11. The minimum Gasteiger partial charge on any atom is -0.476 e. The molecule has 1 aliphatic carbocycles. The van der Waals surface area contributed by atoms with Gasteiger partial charge in [0.2, 0.25) is 0 Å². The number of carbonyl (C=O) groups excluding carboxylic acids is 1. The summed E-state index contributed by atoms with van der Waals surface area (Å²) in [6.07, 6.45) is 4.94. The summed E-state index contributed by atoms with van der Waals surface area (Å²) in [6, 6.07) is -0.0169. The molecule has 1 saturated carbocycles. The van der Waals surface area contributed by atoms with Crippen molar-refractivity contribution < 1.29 is 14.7 Å². The van der Waals surface area contributed by atoms with Crippen molar-refractivity contribution in [2.45, 2.75) is 38.8 Å². The zero-order valence-electron chi connectivity index (χ0n) is 11.4. The number of hydrogen-bond donors (Lipinski definition) is 3. The minimum absolute atomic E-state index is 0.104. The Morgan fingerprint density at radius 1 is 1.55 bits per heavy atom. The maximum absolute atomic E-state index is 11.6. The van der Waals surface area contributed by atoms with E-state index in [0.29, 0.717) is 19.0 Å².